The van der Waals surface area contributed by atoms with Crippen LogP contribution < -0.4 is 0 Å². The van der Waals surface area contributed by atoms with Gasteiger partial charge >= 0.3 is 0 Å². The van der Waals surface area contributed by atoms with Crippen molar-refractivity contribution in [1.29, 1.82) is 0 Å². The van der Waals surface area contributed by atoms with Gasteiger partial charge < -0.3 is 18.9 Å². The monoisotopic (exact) mass is 729 g/mol. The van der Waals surface area contributed by atoms with Crippen LogP contribution in [0, 0.1) is 5.41 Å². The molecule has 0 amide bonds. The normalized spacial score (nSPS) is 21.2. The molecule has 2 saturated heterocycles. The Balaban J connectivity index is 1.28. The Bertz CT molecular complexity index is 605. The predicted octanol–water partition coefficient (Wildman–Crippen LogP) is 13.9. The molecule has 0 radical (unpaired) electrons. The highest BCUT2D eigenvalue weighted by Crippen LogP contribution is 2.32. The van der Waals surface area contributed by atoms with Crippen LogP contribution in [0.3, 0.4) is 0 Å². The molecule has 6 heteroatoms. The lowest BCUT2D eigenvalue weighted by atomic mass is 9.90. The Morgan fingerprint density at radius 2 is 0.592 bits per heavy atom. The van der Waals surface area contributed by atoms with E-state index in [4.69, 9.17) is 18.9 Å². The predicted molar refractivity (Wildman–Crippen MR) is 218 cm³/mol. The van der Waals surface area contributed by atoms with E-state index >= 15 is 0 Å². The summed E-state index contributed by atoms with van der Waals surface area (Å²) in [6, 6.07) is 0. The van der Waals surface area contributed by atoms with Gasteiger partial charge in [-0.1, -0.05) is 181 Å². The van der Waals surface area contributed by atoms with E-state index in [9.17, 15) is 0 Å². The van der Waals surface area contributed by atoms with Gasteiger partial charge in [0.15, 0.2) is 12.6 Å². The van der Waals surface area contributed by atoms with Gasteiger partial charge in [0.25, 0.3) is 0 Å². The Morgan fingerprint density at radius 3 is 0.857 bits per heavy atom. The standard InChI is InChI=1S/C43H84O4S2/c1-3-5-7-9-11-13-15-17-19-21-23-25-27-29-33-48-35-31-41-44-37-43(38-45-41)39-46-42(47-40-43)32-36-49-34-30-28-26-24-22-20-18-16-14-12-10-8-6-4-2/h41-42H,3-40H2,1-2H3. The van der Waals surface area contributed by atoms with Crippen molar-refractivity contribution in [3.8, 4) is 0 Å². The van der Waals surface area contributed by atoms with Gasteiger partial charge in [0.2, 0.25) is 0 Å². The summed E-state index contributed by atoms with van der Waals surface area (Å²) < 4.78 is 24.5. The van der Waals surface area contributed by atoms with Crippen LogP contribution in [0.15, 0.2) is 0 Å². The summed E-state index contributed by atoms with van der Waals surface area (Å²) in [5.74, 6) is 4.80. The highest BCUT2D eigenvalue weighted by molar-refractivity contribution is 7.99. The minimum absolute atomic E-state index is 0.0570. The Morgan fingerprint density at radius 1 is 0.347 bits per heavy atom. The van der Waals surface area contributed by atoms with Gasteiger partial charge in [-0.2, -0.15) is 23.5 Å². The van der Waals surface area contributed by atoms with E-state index in [1.807, 2.05) is 0 Å². The maximum absolute atomic E-state index is 6.13. The first kappa shape index (κ1) is 45.7. The molecule has 2 rings (SSSR count). The molecule has 0 atom stereocenters. The number of ether oxygens (including phenoxy) is 4. The average Bonchev–Trinajstić information content (AvgIpc) is 3.12. The van der Waals surface area contributed by atoms with E-state index in [0.29, 0.717) is 26.4 Å². The van der Waals surface area contributed by atoms with Crippen molar-refractivity contribution >= 4 is 23.5 Å². The van der Waals surface area contributed by atoms with Crippen molar-refractivity contribution in [1.82, 2.24) is 0 Å². The van der Waals surface area contributed by atoms with Crippen molar-refractivity contribution in [3.63, 3.8) is 0 Å². The summed E-state index contributed by atoms with van der Waals surface area (Å²) in [5.41, 5.74) is -0.115. The molecule has 0 aliphatic carbocycles. The fourth-order valence-electron chi connectivity index (χ4n) is 7.12. The third-order valence-corrected chi connectivity index (χ3v) is 12.8. The third-order valence-electron chi connectivity index (χ3n) is 10.6. The zero-order chi connectivity index (χ0) is 34.8. The Kier molecular flexibility index (Phi) is 32.0. The van der Waals surface area contributed by atoms with Crippen LogP contribution in [-0.4, -0.2) is 62.0 Å². The molecule has 292 valence electrons. The molecule has 49 heavy (non-hydrogen) atoms. The van der Waals surface area contributed by atoms with Gasteiger partial charge in [-0.05, 0) is 35.9 Å². The number of hydrogen-bond acceptors (Lipinski definition) is 6. The minimum Gasteiger partial charge on any atom is -0.352 e. The number of thioether (sulfide) groups is 2. The van der Waals surface area contributed by atoms with E-state index in [2.05, 4.69) is 37.4 Å². The van der Waals surface area contributed by atoms with Crippen LogP contribution in [0.5, 0.6) is 0 Å². The molecule has 2 aliphatic heterocycles. The van der Waals surface area contributed by atoms with Crippen molar-refractivity contribution < 1.29 is 18.9 Å². The number of hydrogen-bond donors (Lipinski definition) is 0. The zero-order valence-corrected chi connectivity index (χ0v) is 34.6. The molecular formula is C43H84O4S2. The third kappa shape index (κ3) is 26.9. The second-order valence-electron chi connectivity index (χ2n) is 15.6. The lowest BCUT2D eigenvalue weighted by molar-refractivity contribution is -0.302. The van der Waals surface area contributed by atoms with Gasteiger partial charge in [0, 0.05) is 12.8 Å². The maximum atomic E-state index is 6.13. The molecular weight excluding hydrogens is 645 g/mol. The molecule has 0 aromatic carbocycles. The van der Waals surface area contributed by atoms with Crippen LogP contribution >= 0.6 is 23.5 Å². The molecule has 2 aliphatic rings. The van der Waals surface area contributed by atoms with Gasteiger partial charge in [0.1, 0.15) is 0 Å². The minimum atomic E-state index is -0.115. The highest BCUT2D eigenvalue weighted by atomic mass is 32.2. The molecule has 2 heterocycles. The van der Waals surface area contributed by atoms with Crippen LogP contribution in [0.1, 0.15) is 206 Å². The fourth-order valence-corrected chi connectivity index (χ4v) is 9.06. The molecule has 2 fully saturated rings. The van der Waals surface area contributed by atoms with Crippen LogP contribution in [0.2, 0.25) is 0 Å². The largest absolute Gasteiger partial charge is 0.352 e. The van der Waals surface area contributed by atoms with Gasteiger partial charge in [-0.15, -0.1) is 0 Å². The van der Waals surface area contributed by atoms with E-state index < -0.39 is 0 Å². The summed E-state index contributed by atoms with van der Waals surface area (Å²) in [7, 11) is 0. The number of rotatable bonds is 36. The summed E-state index contributed by atoms with van der Waals surface area (Å²) in [6.45, 7) is 7.38. The molecule has 0 unspecified atom stereocenters. The van der Waals surface area contributed by atoms with Crippen molar-refractivity contribution in [2.24, 2.45) is 5.41 Å². The Hall–Kier alpha value is 0.540. The second kappa shape index (κ2) is 34.3. The van der Waals surface area contributed by atoms with Crippen molar-refractivity contribution in [2.45, 2.75) is 219 Å². The van der Waals surface area contributed by atoms with E-state index in [1.54, 1.807) is 0 Å². The van der Waals surface area contributed by atoms with Crippen LogP contribution in [0.25, 0.3) is 0 Å². The molecule has 0 N–H and O–H groups in total. The smallest absolute Gasteiger partial charge is 0.158 e. The lowest BCUT2D eigenvalue weighted by Crippen LogP contribution is -2.52. The average molecular weight is 729 g/mol. The molecule has 0 saturated carbocycles. The van der Waals surface area contributed by atoms with Crippen LogP contribution in [0.4, 0.5) is 0 Å². The SMILES string of the molecule is CCCCCCCCCCCCCCCCSCCC1OCC2(CO1)COC(CCSCCCCCCCCCCCCCCCC)OC2. The highest BCUT2D eigenvalue weighted by Gasteiger charge is 2.41. The van der Waals surface area contributed by atoms with Crippen LogP contribution in [-0.2, 0) is 18.9 Å². The molecule has 0 bridgehead atoms. The zero-order valence-electron chi connectivity index (χ0n) is 33.0. The van der Waals surface area contributed by atoms with Gasteiger partial charge in [-0.3, -0.25) is 0 Å². The summed E-state index contributed by atoms with van der Waals surface area (Å²) in [6.07, 6.45) is 41.8. The number of unbranched alkanes of at least 4 members (excludes halogenated alkanes) is 26. The molecule has 4 nitrogen and oxygen atoms in total. The molecule has 1 spiro atoms. The lowest BCUT2D eigenvalue weighted by Gasteiger charge is -2.43. The molecule has 0 aromatic heterocycles. The van der Waals surface area contributed by atoms with E-state index in [1.165, 1.54) is 191 Å². The summed E-state index contributed by atoms with van der Waals surface area (Å²) in [4.78, 5) is 0. The quantitative estimate of drug-likeness (QED) is 0.0598. The van der Waals surface area contributed by atoms with Gasteiger partial charge in [0.05, 0.1) is 31.8 Å². The first-order chi connectivity index (χ1) is 24.3. The Labute approximate surface area is 315 Å². The molecule has 0 aromatic rings. The van der Waals surface area contributed by atoms with E-state index in [0.717, 1.165) is 24.3 Å². The topological polar surface area (TPSA) is 36.9 Å². The van der Waals surface area contributed by atoms with Crippen molar-refractivity contribution in [2.75, 3.05) is 49.4 Å². The fraction of sp³-hybridized carbons (Fsp3) is 1.00. The first-order valence-electron chi connectivity index (χ1n) is 21.9. The summed E-state index contributed by atoms with van der Waals surface area (Å²) >= 11 is 4.14. The van der Waals surface area contributed by atoms with Crippen molar-refractivity contribution in [3.05, 3.63) is 0 Å². The van der Waals surface area contributed by atoms with E-state index in [-0.39, 0.29) is 18.0 Å². The first-order valence-corrected chi connectivity index (χ1v) is 24.2. The second-order valence-corrected chi connectivity index (χ2v) is 18.0. The maximum Gasteiger partial charge on any atom is 0.158 e. The van der Waals surface area contributed by atoms with Gasteiger partial charge in [-0.25, -0.2) is 0 Å². The summed E-state index contributed by atoms with van der Waals surface area (Å²) in [5, 5.41) is 0.